The third-order valence-electron chi connectivity index (χ3n) is 2.93. The van der Waals surface area contributed by atoms with E-state index in [0.29, 0.717) is 0 Å². The molecule has 0 radical (unpaired) electrons. The number of nitrogens with zero attached hydrogens (tertiary/aromatic N) is 2. The van der Waals surface area contributed by atoms with Crippen molar-refractivity contribution in [3.05, 3.63) is 47.4 Å². The van der Waals surface area contributed by atoms with Gasteiger partial charge in [-0.05, 0) is 31.0 Å². The summed E-state index contributed by atoms with van der Waals surface area (Å²) in [4.78, 5) is 10.2. The zero-order valence-electron chi connectivity index (χ0n) is 12.5. The number of hydrogen-bond donors (Lipinski definition) is 2. The third-order valence-corrected chi connectivity index (χ3v) is 3.94. The first-order valence-electron chi connectivity index (χ1n) is 7.12. The van der Waals surface area contributed by atoms with Crippen LogP contribution >= 0.6 is 11.8 Å². The average molecular weight is 303 g/mol. The molecule has 0 saturated carbocycles. The van der Waals surface area contributed by atoms with Gasteiger partial charge < -0.3 is 10.4 Å². The van der Waals surface area contributed by atoms with Gasteiger partial charge in [-0.25, -0.2) is 9.97 Å². The van der Waals surface area contributed by atoms with Crippen LogP contribution in [0.1, 0.15) is 30.4 Å². The molecule has 0 amide bonds. The zero-order valence-corrected chi connectivity index (χ0v) is 13.3. The van der Waals surface area contributed by atoms with Gasteiger partial charge in [0.1, 0.15) is 11.6 Å². The highest BCUT2D eigenvalue weighted by atomic mass is 32.2. The van der Waals surface area contributed by atoms with E-state index in [1.807, 2.05) is 37.3 Å². The molecule has 4 nitrogen and oxygen atoms in total. The number of nitrogens with one attached hydrogen (secondary N) is 1. The Kier molecular flexibility index (Phi) is 6.02. The van der Waals surface area contributed by atoms with Crippen LogP contribution in [0.25, 0.3) is 0 Å². The summed E-state index contributed by atoms with van der Waals surface area (Å²) in [5.41, 5.74) is 1.91. The first kappa shape index (κ1) is 15.8. The lowest BCUT2D eigenvalue weighted by atomic mass is 10.2. The molecule has 0 spiro atoms. The Morgan fingerprint density at radius 1 is 1.19 bits per heavy atom. The molecule has 21 heavy (non-hydrogen) atoms. The van der Waals surface area contributed by atoms with Crippen molar-refractivity contribution in [2.75, 3.05) is 11.9 Å². The highest BCUT2D eigenvalue weighted by Gasteiger charge is 2.03. The predicted molar refractivity (Wildman–Crippen MR) is 87.5 cm³/mol. The molecule has 1 aromatic carbocycles. The Morgan fingerprint density at radius 3 is 2.62 bits per heavy atom. The summed E-state index contributed by atoms with van der Waals surface area (Å²) in [6.07, 6.45) is 1.07. The van der Waals surface area contributed by atoms with E-state index in [1.54, 1.807) is 11.8 Å². The lowest BCUT2D eigenvalue weighted by Gasteiger charge is -2.08. The van der Waals surface area contributed by atoms with Gasteiger partial charge in [0.05, 0.1) is 12.4 Å². The molecule has 0 unspecified atom stereocenters. The van der Waals surface area contributed by atoms with Gasteiger partial charge in [-0.1, -0.05) is 19.1 Å². The largest absolute Gasteiger partial charge is 0.392 e. The number of aliphatic hydroxyl groups excluding tert-OH is 1. The van der Waals surface area contributed by atoms with Crippen molar-refractivity contribution in [2.24, 2.45) is 0 Å². The van der Waals surface area contributed by atoms with Crippen LogP contribution in [0.3, 0.4) is 0 Å². The highest BCUT2D eigenvalue weighted by molar-refractivity contribution is 7.98. The fraction of sp³-hybridized carbons (Fsp3) is 0.375. The number of thioether (sulfide) groups is 1. The van der Waals surface area contributed by atoms with E-state index in [1.165, 1.54) is 0 Å². The quantitative estimate of drug-likeness (QED) is 0.768. The van der Waals surface area contributed by atoms with Crippen molar-refractivity contribution in [1.29, 1.82) is 0 Å². The topological polar surface area (TPSA) is 58.0 Å². The predicted octanol–water partition coefficient (Wildman–Crippen LogP) is 3.39. The SMILES string of the molecule is CCCNc1cc(C)nc(CSc2ccc(CO)cc2)n1. The van der Waals surface area contributed by atoms with E-state index in [4.69, 9.17) is 5.11 Å². The van der Waals surface area contributed by atoms with Crippen LogP contribution in [0.2, 0.25) is 0 Å². The number of anilines is 1. The van der Waals surface area contributed by atoms with Crippen molar-refractivity contribution < 1.29 is 5.11 Å². The van der Waals surface area contributed by atoms with Gasteiger partial charge in [-0.15, -0.1) is 11.8 Å². The van der Waals surface area contributed by atoms with Crippen molar-refractivity contribution in [3.8, 4) is 0 Å². The second-order valence-electron chi connectivity index (χ2n) is 4.83. The number of hydrogen-bond acceptors (Lipinski definition) is 5. The molecule has 0 bridgehead atoms. The van der Waals surface area contributed by atoms with Crippen LogP contribution < -0.4 is 5.32 Å². The number of benzene rings is 1. The van der Waals surface area contributed by atoms with Crippen LogP contribution in [0.5, 0.6) is 0 Å². The number of aryl methyl sites for hydroxylation is 1. The normalized spacial score (nSPS) is 10.6. The monoisotopic (exact) mass is 303 g/mol. The molecule has 0 aliphatic carbocycles. The molecule has 0 saturated heterocycles. The molecule has 2 N–H and O–H groups in total. The Labute approximate surface area is 130 Å². The standard InChI is InChI=1S/C16H21N3OS/c1-3-8-17-15-9-12(2)18-16(19-15)11-21-14-6-4-13(10-20)5-7-14/h4-7,9,20H,3,8,10-11H2,1-2H3,(H,17,18,19). The van der Waals surface area contributed by atoms with Gasteiger partial charge in [0.15, 0.2) is 0 Å². The van der Waals surface area contributed by atoms with Crippen LogP contribution in [-0.4, -0.2) is 21.6 Å². The summed E-state index contributed by atoms with van der Waals surface area (Å²) in [6.45, 7) is 5.13. The Hall–Kier alpha value is -1.59. The molecule has 0 aliphatic heterocycles. The van der Waals surface area contributed by atoms with Gasteiger partial charge in [-0.3, -0.25) is 0 Å². The molecular weight excluding hydrogens is 282 g/mol. The summed E-state index contributed by atoms with van der Waals surface area (Å²) >= 11 is 1.70. The minimum atomic E-state index is 0.0817. The van der Waals surface area contributed by atoms with E-state index in [0.717, 1.165) is 46.5 Å². The number of aromatic nitrogens is 2. The van der Waals surface area contributed by atoms with Gasteiger partial charge in [0.25, 0.3) is 0 Å². The third kappa shape index (κ3) is 5.02. The first-order chi connectivity index (χ1) is 10.2. The first-order valence-corrected chi connectivity index (χ1v) is 8.11. The van der Waals surface area contributed by atoms with Gasteiger partial charge in [-0.2, -0.15) is 0 Å². The fourth-order valence-corrected chi connectivity index (χ4v) is 2.63. The minimum Gasteiger partial charge on any atom is -0.392 e. The van der Waals surface area contributed by atoms with Crippen molar-refractivity contribution in [3.63, 3.8) is 0 Å². The molecule has 2 aromatic rings. The molecule has 0 aliphatic rings. The van der Waals surface area contributed by atoms with Crippen LogP contribution in [-0.2, 0) is 12.4 Å². The molecule has 0 fully saturated rings. The van der Waals surface area contributed by atoms with Crippen LogP contribution in [0, 0.1) is 6.92 Å². The average Bonchev–Trinajstić information content (AvgIpc) is 2.51. The van der Waals surface area contributed by atoms with Crippen LogP contribution in [0.4, 0.5) is 5.82 Å². The minimum absolute atomic E-state index is 0.0817. The zero-order chi connectivity index (χ0) is 15.1. The smallest absolute Gasteiger partial charge is 0.141 e. The molecule has 112 valence electrons. The van der Waals surface area contributed by atoms with E-state index >= 15 is 0 Å². The summed E-state index contributed by atoms with van der Waals surface area (Å²) in [6, 6.07) is 9.88. The molecule has 1 heterocycles. The second-order valence-corrected chi connectivity index (χ2v) is 5.88. The summed E-state index contributed by atoms with van der Waals surface area (Å²) in [5.74, 6) is 2.47. The van der Waals surface area contributed by atoms with Crippen LogP contribution in [0.15, 0.2) is 35.2 Å². The van der Waals surface area contributed by atoms with Gasteiger partial charge >= 0.3 is 0 Å². The Bertz CT molecular complexity index is 572. The molecule has 1 aromatic heterocycles. The fourth-order valence-electron chi connectivity index (χ4n) is 1.88. The summed E-state index contributed by atoms with van der Waals surface area (Å²) in [5, 5.41) is 12.3. The van der Waals surface area contributed by atoms with Crippen molar-refractivity contribution >= 4 is 17.6 Å². The van der Waals surface area contributed by atoms with Crippen molar-refractivity contribution in [1.82, 2.24) is 9.97 Å². The lowest BCUT2D eigenvalue weighted by Crippen LogP contribution is -2.05. The van der Waals surface area contributed by atoms with Gasteiger partial charge in [0, 0.05) is 23.2 Å². The van der Waals surface area contributed by atoms with Gasteiger partial charge in [0.2, 0.25) is 0 Å². The number of aliphatic hydroxyl groups is 1. The summed E-state index contributed by atoms with van der Waals surface area (Å²) < 4.78 is 0. The van der Waals surface area contributed by atoms with E-state index < -0.39 is 0 Å². The molecule has 2 rings (SSSR count). The highest BCUT2D eigenvalue weighted by Crippen LogP contribution is 2.22. The van der Waals surface area contributed by atoms with E-state index in [2.05, 4.69) is 22.2 Å². The number of rotatable bonds is 7. The van der Waals surface area contributed by atoms with Crippen molar-refractivity contribution in [2.45, 2.75) is 37.5 Å². The maximum atomic E-state index is 9.03. The lowest BCUT2D eigenvalue weighted by molar-refractivity contribution is 0.282. The molecule has 0 atom stereocenters. The maximum Gasteiger partial charge on any atom is 0.141 e. The van der Waals surface area contributed by atoms with E-state index in [9.17, 15) is 0 Å². The Morgan fingerprint density at radius 2 is 1.95 bits per heavy atom. The molecular formula is C16H21N3OS. The molecule has 5 heteroatoms. The Balaban J connectivity index is 1.99. The summed E-state index contributed by atoms with van der Waals surface area (Å²) in [7, 11) is 0. The maximum absolute atomic E-state index is 9.03. The second kappa shape index (κ2) is 8.00. The van der Waals surface area contributed by atoms with E-state index in [-0.39, 0.29) is 6.61 Å².